The summed E-state index contributed by atoms with van der Waals surface area (Å²) in [4.78, 5) is 11.3. The summed E-state index contributed by atoms with van der Waals surface area (Å²) in [6.45, 7) is 10.7. The number of ether oxygens (including phenoxy) is 2. The molecule has 0 aliphatic rings. The Hall–Kier alpha value is -3.84. The fourth-order valence-corrected chi connectivity index (χ4v) is 3.88. The monoisotopic (exact) mass is 503 g/mol. The fourth-order valence-electron chi connectivity index (χ4n) is 3.88. The van der Waals surface area contributed by atoms with Crippen LogP contribution in [0.5, 0.6) is 5.75 Å². The fraction of sp³-hybridized carbons (Fsp3) is 0.333. The van der Waals surface area contributed by atoms with Gasteiger partial charge in [0.1, 0.15) is 35.3 Å². The largest absolute Gasteiger partial charge is 0.486 e. The molecule has 0 bridgehead atoms. The van der Waals surface area contributed by atoms with Crippen LogP contribution in [0.25, 0.3) is 22.6 Å². The minimum absolute atomic E-state index is 0.0929. The van der Waals surface area contributed by atoms with E-state index in [0.717, 1.165) is 45.2 Å². The van der Waals surface area contributed by atoms with Crippen molar-refractivity contribution >= 4 is 5.97 Å². The average molecular weight is 504 g/mol. The topological polar surface area (TPSA) is 94.9 Å². The van der Waals surface area contributed by atoms with Crippen LogP contribution >= 0.6 is 0 Å². The van der Waals surface area contributed by atoms with Crippen LogP contribution < -0.4 is 4.74 Å². The molecule has 1 N–H and O–H groups in total. The van der Waals surface area contributed by atoms with Crippen molar-refractivity contribution in [1.82, 2.24) is 5.16 Å². The Balaban J connectivity index is 1.39. The molecule has 0 fully saturated rings. The molecular weight excluding hydrogens is 470 g/mol. The Kier molecular flexibility index (Phi) is 7.83. The lowest BCUT2D eigenvalue weighted by Crippen LogP contribution is -2.26. The highest BCUT2D eigenvalue weighted by molar-refractivity contribution is 5.72. The molecule has 1 unspecified atom stereocenters. The van der Waals surface area contributed by atoms with E-state index in [9.17, 15) is 9.90 Å². The molecule has 37 heavy (non-hydrogen) atoms. The maximum Gasteiger partial charge on any atom is 0.333 e. The Labute approximate surface area is 217 Å². The zero-order valence-corrected chi connectivity index (χ0v) is 21.9. The molecule has 194 valence electrons. The molecule has 2 aromatic carbocycles. The second kappa shape index (κ2) is 11.0. The van der Waals surface area contributed by atoms with E-state index in [0.29, 0.717) is 18.8 Å². The number of carbonyl (C=O) groups is 1. The minimum Gasteiger partial charge on any atom is -0.486 e. The molecule has 4 aromatic rings. The summed E-state index contributed by atoms with van der Waals surface area (Å²) in [5.74, 6) is 2.08. The summed E-state index contributed by atoms with van der Waals surface area (Å²) < 4.78 is 22.8. The SMILES string of the molecule is CCOC(Cc1ccc(OCc2oc(-c3ccc(-c4cc(C(C)(C)C)on4)cc3)cc2C)cc1)C(=O)O. The van der Waals surface area contributed by atoms with Crippen LogP contribution in [0.1, 0.15) is 50.3 Å². The van der Waals surface area contributed by atoms with E-state index in [1.807, 2.05) is 67.6 Å². The van der Waals surface area contributed by atoms with Gasteiger partial charge in [0.05, 0.1) is 0 Å². The number of furan rings is 1. The van der Waals surface area contributed by atoms with Gasteiger partial charge in [-0.3, -0.25) is 0 Å². The van der Waals surface area contributed by atoms with Crippen LogP contribution in [0.15, 0.2) is 69.6 Å². The molecule has 4 rings (SSSR count). The van der Waals surface area contributed by atoms with Gasteiger partial charge in [-0.15, -0.1) is 0 Å². The van der Waals surface area contributed by atoms with E-state index in [4.69, 9.17) is 18.4 Å². The molecule has 1 atom stereocenters. The van der Waals surface area contributed by atoms with E-state index in [2.05, 4.69) is 25.9 Å². The van der Waals surface area contributed by atoms with Crippen LogP contribution in [0.3, 0.4) is 0 Å². The summed E-state index contributed by atoms with van der Waals surface area (Å²) in [6, 6.07) is 19.4. The smallest absolute Gasteiger partial charge is 0.333 e. The molecule has 0 aliphatic carbocycles. The van der Waals surface area contributed by atoms with E-state index in [-0.39, 0.29) is 12.0 Å². The van der Waals surface area contributed by atoms with Crippen molar-refractivity contribution in [2.75, 3.05) is 6.61 Å². The lowest BCUT2D eigenvalue weighted by molar-refractivity contribution is -0.149. The van der Waals surface area contributed by atoms with E-state index in [1.54, 1.807) is 6.92 Å². The van der Waals surface area contributed by atoms with Crippen LogP contribution in [-0.2, 0) is 28.0 Å². The molecule has 0 aliphatic heterocycles. The highest BCUT2D eigenvalue weighted by Crippen LogP contribution is 2.31. The number of rotatable bonds is 10. The standard InChI is InChI=1S/C30H33NO6/c1-6-34-26(29(32)33)16-20-7-13-23(14-8-20)35-18-27-19(2)15-25(36-27)22-11-9-21(10-12-22)24-17-28(37-31-24)30(3,4)5/h7-15,17,26H,6,16,18H2,1-5H3,(H,32,33). The molecule has 0 spiro atoms. The van der Waals surface area contributed by atoms with Gasteiger partial charge in [-0.25, -0.2) is 4.79 Å². The predicted octanol–water partition coefficient (Wildman–Crippen LogP) is 6.82. The maximum atomic E-state index is 11.3. The number of hydrogen-bond acceptors (Lipinski definition) is 6. The Morgan fingerprint density at radius 2 is 1.70 bits per heavy atom. The number of nitrogens with zero attached hydrogens (tertiary/aromatic N) is 1. The van der Waals surface area contributed by atoms with Gasteiger partial charge in [0.25, 0.3) is 0 Å². The third-order valence-electron chi connectivity index (χ3n) is 6.09. The number of hydrogen-bond donors (Lipinski definition) is 1. The summed E-state index contributed by atoms with van der Waals surface area (Å²) >= 11 is 0. The second-order valence-electron chi connectivity index (χ2n) is 10.0. The molecule has 2 heterocycles. The first-order valence-electron chi connectivity index (χ1n) is 12.4. The van der Waals surface area contributed by atoms with Gasteiger partial charge in [0, 0.05) is 35.6 Å². The van der Waals surface area contributed by atoms with E-state index < -0.39 is 12.1 Å². The summed E-state index contributed by atoms with van der Waals surface area (Å²) in [5.41, 5.74) is 4.53. The normalized spacial score (nSPS) is 12.5. The van der Waals surface area contributed by atoms with Gasteiger partial charge in [-0.1, -0.05) is 62.3 Å². The maximum absolute atomic E-state index is 11.3. The van der Waals surface area contributed by atoms with Crippen molar-refractivity contribution in [2.24, 2.45) is 0 Å². The second-order valence-corrected chi connectivity index (χ2v) is 10.0. The number of aromatic nitrogens is 1. The lowest BCUT2D eigenvalue weighted by Gasteiger charge is -2.12. The third kappa shape index (κ3) is 6.49. The van der Waals surface area contributed by atoms with Gasteiger partial charge < -0.3 is 23.5 Å². The number of carboxylic acid groups (broad SMARTS) is 1. The first kappa shape index (κ1) is 26.2. The quantitative estimate of drug-likeness (QED) is 0.254. The summed E-state index contributed by atoms with van der Waals surface area (Å²) in [6.07, 6.45) is -0.552. The highest BCUT2D eigenvalue weighted by atomic mass is 16.5. The van der Waals surface area contributed by atoms with Gasteiger partial charge in [-0.05, 0) is 43.2 Å². The van der Waals surface area contributed by atoms with Crippen molar-refractivity contribution in [2.45, 2.75) is 59.2 Å². The van der Waals surface area contributed by atoms with Gasteiger partial charge in [0.2, 0.25) is 0 Å². The van der Waals surface area contributed by atoms with Crippen LogP contribution in [0.4, 0.5) is 0 Å². The number of benzene rings is 2. The molecule has 7 nitrogen and oxygen atoms in total. The predicted molar refractivity (Wildman–Crippen MR) is 141 cm³/mol. The van der Waals surface area contributed by atoms with Crippen molar-refractivity contribution < 1.29 is 28.3 Å². The first-order chi connectivity index (χ1) is 17.6. The molecule has 0 amide bonds. The highest BCUT2D eigenvalue weighted by Gasteiger charge is 2.20. The molecular formula is C30H33NO6. The Bertz CT molecular complexity index is 1330. The zero-order chi connectivity index (χ0) is 26.6. The minimum atomic E-state index is -0.964. The number of aliphatic carboxylic acids is 1. The Morgan fingerprint density at radius 1 is 1.03 bits per heavy atom. The van der Waals surface area contributed by atoms with Crippen molar-refractivity contribution in [3.63, 3.8) is 0 Å². The zero-order valence-electron chi connectivity index (χ0n) is 21.9. The van der Waals surface area contributed by atoms with Crippen molar-refractivity contribution in [3.8, 4) is 28.3 Å². The van der Waals surface area contributed by atoms with Crippen molar-refractivity contribution in [3.05, 3.63) is 83.3 Å². The third-order valence-corrected chi connectivity index (χ3v) is 6.09. The van der Waals surface area contributed by atoms with Crippen molar-refractivity contribution in [1.29, 1.82) is 0 Å². The van der Waals surface area contributed by atoms with Gasteiger partial charge >= 0.3 is 5.97 Å². The van der Waals surface area contributed by atoms with Crippen LogP contribution in [-0.4, -0.2) is 28.9 Å². The number of aryl methyl sites for hydroxylation is 1. The van der Waals surface area contributed by atoms with Gasteiger partial charge in [0.15, 0.2) is 6.10 Å². The molecule has 0 radical (unpaired) electrons. The average Bonchev–Trinajstić information content (AvgIpc) is 3.51. The van der Waals surface area contributed by atoms with E-state index in [1.165, 1.54) is 0 Å². The molecule has 2 aromatic heterocycles. The molecule has 0 saturated carbocycles. The first-order valence-corrected chi connectivity index (χ1v) is 12.4. The van der Waals surface area contributed by atoms with Gasteiger partial charge in [-0.2, -0.15) is 0 Å². The summed E-state index contributed by atoms with van der Waals surface area (Å²) in [5, 5.41) is 13.5. The van der Waals surface area contributed by atoms with Crippen LogP contribution in [0.2, 0.25) is 0 Å². The molecule has 0 saturated heterocycles. The lowest BCUT2D eigenvalue weighted by atomic mass is 9.93. The molecule has 7 heteroatoms. The number of carboxylic acids is 1. The Morgan fingerprint density at radius 3 is 2.30 bits per heavy atom. The summed E-state index contributed by atoms with van der Waals surface area (Å²) in [7, 11) is 0. The van der Waals surface area contributed by atoms with Crippen LogP contribution in [0, 0.1) is 6.92 Å². The van der Waals surface area contributed by atoms with E-state index >= 15 is 0 Å².